The zero-order chi connectivity index (χ0) is 10.1. The fourth-order valence-corrected chi connectivity index (χ4v) is 0.718. The highest BCUT2D eigenvalue weighted by atomic mass is 14.1. The third-order valence-corrected chi connectivity index (χ3v) is 1.29. The topological polar surface area (TPSA) is 0 Å². The fourth-order valence-electron chi connectivity index (χ4n) is 0.718. The van der Waals surface area contributed by atoms with Crippen LogP contribution in [-0.4, -0.2) is 0 Å². The van der Waals surface area contributed by atoms with Crippen molar-refractivity contribution in [3.8, 4) is 60.7 Å². The summed E-state index contributed by atoms with van der Waals surface area (Å²) in [6.07, 6.45) is 15.4. The van der Waals surface area contributed by atoms with E-state index in [1.54, 1.807) is 6.92 Å². The molecule has 0 spiro atoms. The molecule has 0 saturated heterocycles. The number of hydrogen-bond donors (Lipinski definition) is 0. The molecule has 0 heteroatoms. The summed E-state index contributed by atoms with van der Waals surface area (Å²) >= 11 is 0. The molecule has 0 aliphatic rings. The molecule has 0 fully saturated rings. The first-order valence-corrected chi connectivity index (χ1v) is 3.60. The van der Waals surface area contributed by atoms with E-state index in [1.807, 2.05) is 0 Å². The molecular weight excluding hydrogens is 156 g/mol. The minimum atomic E-state index is -0.395. The molecule has 0 amide bonds. The molecule has 60 valence electrons. The van der Waals surface area contributed by atoms with E-state index in [0.29, 0.717) is 0 Å². The van der Waals surface area contributed by atoms with Gasteiger partial charge in [0.25, 0.3) is 0 Å². The Kier molecular flexibility index (Phi) is 5.41. The predicted octanol–water partition coefficient (Wildman–Crippen LogP) is 1.15. The Morgan fingerprint density at radius 1 is 0.923 bits per heavy atom. The zero-order valence-corrected chi connectivity index (χ0v) is 7.39. The first-order chi connectivity index (χ1) is 6.29. The van der Waals surface area contributed by atoms with Gasteiger partial charge in [-0.05, 0) is 18.8 Å². The van der Waals surface area contributed by atoms with Crippen LogP contribution in [0.2, 0.25) is 0 Å². The third kappa shape index (κ3) is 3.64. The van der Waals surface area contributed by atoms with Gasteiger partial charge in [-0.15, -0.1) is 25.2 Å². The second-order valence-electron chi connectivity index (χ2n) is 2.10. The van der Waals surface area contributed by atoms with Crippen LogP contribution < -0.4 is 0 Å². The first kappa shape index (κ1) is 10.8. The van der Waals surface area contributed by atoms with E-state index in [9.17, 15) is 0 Å². The average Bonchev–Trinajstić information content (AvgIpc) is 2.16. The van der Waals surface area contributed by atoms with E-state index in [0.717, 1.165) is 0 Å². The molecule has 0 nitrogen and oxygen atoms in total. The summed E-state index contributed by atoms with van der Waals surface area (Å²) in [6, 6.07) is 0. The van der Waals surface area contributed by atoms with Gasteiger partial charge in [0.2, 0.25) is 0 Å². The average molecular weight is 164 g/mol. The fraction of sp³-hybridized carbons (Fsp3) is 0.231. The van der Waals surface area contributed by atoms with Gasteiger partial charge in [0, 0.05) is 0 Å². The van der Waals surface area contributed by atoms with Crippen molar-refractivity contribution in [3.05, 3.63) is 0 Å². The van der Waals surface area contributed by atoms with Crippen molar-refractivity contribution >= 4 is 0 Å². The molecule has 0 rings (SSSR count). The molecule has 0 aromatic rings. The van der Waals surface area contributed by atoms with Gasteiger partial charge >= 0.3 is 0 Å². The standard InChI is InChI=1S/C13H8/c1-5-9-11-13(10-6-2)12(7-3)8-4/h1,3-4,12-13H,2H3. The number of terminal acetylenes is 3. The largest absolute Gasteiger partial charge is 0.119 e. The predicted molar refractivity (Wildman–Crippen MR) is 54.7 cm³/mol. The van der Waals surface area contributed by atoms with Crippen LogP contribution in [0.1, 0.15) is 6.92 Å². The van der Waals surface area contributed by atoms with Crippen molar-refractivity contribution in [2.24, 2.45) is 11.8 Å². The Hall–Kier alpha value is -2.20. The van der Waals surface area contributed by atoms with Crippen LogP contribution >= 0.6 is 0 Å². The van der Waals surface area contributed by atoms with E-state index in [1.165, 1.54) is 0 Å². The van der Waals surface area contributed by atoms with E-state index in [-0.39, 0.29) is 5.92 Å². The van der Waals surface area contributed by atoms with Crippen molar-refractivity contribution in [1.82, 2.24) is 0 Å². The lowest BCUT2D eigenvalue weighted by Gasteiger charge is -2.03. The monoisotopic (exact) mass is 164 g/mol. The molecule has 13 heavy (non-hydrogen) atoms. The molecule has 1 atom stereocenters. The summed E-state index contributed by atoms with van der Waals surface area (Å²) in [5.74, 6) is 17.1. The van der Waals surface area contributed by atoms with Crippen LogP contribution in [0.15, 0.2) is 0 Å². The lowest BCUT2D eigenvalue weighted by molar-refractivity contribution is 0.768. The van der Waals surface area contributed by atoms with Gasteiger partial charge in [-0.25, -0.2) is 0 Å². The molecule has 0 aliphatic heterocycles. The van der Waals surface area contributed by atoms with Crippen molar-refractivity contribution in [2.75, 3.05) is 0 Å². The van der Waals surface area contributed by atoms with Gasteiger partial charge in [0.15, 0.2) is 0 Å². The maximum atomic E-state index is 5.21. The van der Waals surface area contributed by atoms with Crippen LogP contribution in [0.4, 0.5) is 0 Å². The summed E-state index contributed by atoms with van der Waals surface area (Å²) in [7, 11) is 0. The maximum absolute atomic E-state index is 5.21. The summed E-state index contributed by atoms with van der Waals surface area (Å²) in [5, 5.41) is 0. The molecule has 0 aliphatic carbocycles. The smallest absolute Gasteiger partial charge is 0.107 e. The van der Waals surface area contributed by atoms with Gasteiger partial charge in [-0.1, -0.05) is 23.7 Å². The van der Waals surface area contributed by atoms with Crippen molar-refractivity contribution in [1.29, 1.82) is 0 Å². The van der Waals surface area contributed by atoms with Gasteiger partial charge in [0.1, 0.15) is 11.8 Å². The van der Waals surface area contributed by atoms with Crippen LogP contribution in [0.25, 0.3) is 0 Å². The summed E-state index contributed by atoms with van der Waals surface area (Å²) < 4.78 is 0. The summed E-state index contributed by atoms with van der Waals surface area (Å²) in [5.41, 5.74) is 0. The third-order valence-electron chi connectivity index (χ3n) is 1.29. The van der Waals surface area contributed by atoms with Crippen LogP contribution in [-0.2, 0) is 0 Å². The quantitative estimate of drug-likeness (QED) is 0.510. The molecule has 0 aromatic heterocycles. The van der Waals surface area contributed by atoms with Gasteiger partial charge in [-0.3, -0.25) is 0 Å². The number of hydrogen-bond acceptors (Lipinski definition) is 0. The van der Waals surface area contributed by atoms with E-state index >= 15 is 0 Å². The molecular formula is C13H8. The molecule has 0 aromatic carbocycles. The second-order valence-corrected chi connectivity index (χ2v) is 2.10. The summed E-state index contributed by atoms with van der Waals surface area (Å²) in [6.45, 7) is 1.70. The number of rotatable bonds is 1. The zero-order valence-electron chi connectivity index (χ0n) is 7.39. The molecule has 0 radical (unpaired) electrons. The highest BCUT2D eigenvalue weighted by Gasteiger charge is 2.11. The van der Waals surface area contributed by atoms with E-state index < -0.39 is 5.92 Å². The van der Waals surface area contributed by atoms with Gasteiger partial charge in [0.05, 0.1) is 0 Å². The Balaban J connectivity index is 4.83. The Morgan fingerprint density at radius 3 is 1.92 bits per heavy atom. The van der Waals surface area contributed by atoms with Gasteiger partial charge < -0.3 is 0 Å². The molecule has 1 unspecified atom stereocenters. The van der Waals surface area contributed by atoms with Crippen molar-refractivity contribution in [3.63, 3.8) is 0 Å². The Morgan fingerprint density at radius 2 is 1.54 bits per heavy atom. The summed E-state index contributed by atoms with van der Waals surface area (Å²) in [4.78, 5) is 0. The highest BCUT2D eigenvalue weighted by Crippen LogP contribution is 2.07. The molecule has 0 saturated carbocycles. The Bertz CT molecular complexity index is 382. The highest BCUT2D eigenvalue weighted by molar-refractivity contribution is 5.32. The van der Waals surface area contributed by atoms with Gasteiger partial charge in [-0.2, -0.15) is 0 Å². The first-order valence-electron chi connectivity index (χ1n) is 3.60. The van der Waals surface area contributed by atoms with Crippen LogP contribution in [0.5, 0.6) is 0 Å². The SMILES string of the molecule is C#CC#CC(C#CC)C(C#C)C#C. The van der Waals surface area contributed by atoms with E-state index in [2.05, 4.69) is 41.4 Å². The molecule has 0 heterocycles. The van der Waals surface area contributed by atoms with Crippen LogP contribution in [0.3, 0.4) is 0 Å². The van der Waals surface area contributed by atoms with Crippen molar-refractivity contribution in [2.45, 2.75) is 6.92 Å². The van der Waals surface area contributed by atoms with E-state index in [4.69, 9.17) is 19.3 Å². The lowest BCUT2D eigenvalue weighted by Crippen LogP contribution is -2.06. The molecule has 0 bridgehead atoms. The second kappa shape index (κ2) is 6.51. The normalized spacial score (nSPS) is 8.85. The minimum Gasteiger partial charge on any atom is -0.119 e. The maximum Gasteiger partial charge on any atom is 0.107 e. The van der Waals surface area contributed by atoms with Crippen LogP contribution in [0, 0.1) is 72.5 Å². The molecule has 0 N–H and O–H groups in total. The van der Waals surface area contributed by atoms with Crippen molar-refractivity contribution < 1.29 is 0 Å². The lowest BCUT2D eigenvalue weighted by atomic mass is 9.95. The Labute approximate surface area is 80.1 Å². The minimum absolute atomic E-state index is 0.323.